The van der Waals surface area contributed by atoms with Gasteiger partial charge in [0.05, 0.1) is 11.9 Å². The molecule has 0 aromatic carbocycles. The molecular formula is C18H23FN4O2. The first kappa shape index (κ1) is 18.8. The molecule has 2 aromatic rings. The van der Waals surface area contributed by atoms with E-state index in [9.17, 15) is 9.18 Å². The van der Waals surface area contributed by atoms with E-state index in [0.29, 0.717) is 30.2 Å². The molecule has 7 heteroatoms. The van der Waals surface area contributed by atoms with Gasteiger partial charge in [-0.3, -0.25) is 14.7 Å². The predicted octanol–water partition coefficient (Wildman–Crippen LogP) is 2.62. The van der Waals surface area contributed by atoms with Crippen LogP contribution in [0.3, 0.4) is 0 Å². The maximum Gasteiger partial charge on any atom is 0.150 e. The zero-order valence-corrected chi connectivity index (χ0v) is 14.8. The average Bonchev–Trinajstić information content (AvgIpc) is 2.61. The van der Waals surface area contributed by atoms with Gasteiger partial charge in [-0.1, -0.05) is 0 Å². The van der Waals surface area contributed by atoms with E-state index in [4.69, 9.17) is 4.74 Å². The molecule has 0 aliphatic carbocycles. The summed E-state index contributed by atoms with van der Waals surface area (Å²) in [5, 5.41) is 3.02. The molecule has 0 fully saturated rings. The summed E-state index contributed by atoms with van der Waals surface area (Å²) in [5.74, 6) is 1.28. The van der Waals surface area contributed by atoms with Gasteiger partial charge in [0.1, 0.15) is 24.8 Å². The number of nitrogens with zero attached hydrogens (tertiary/aromatic N) is 3. The number of halogens is 1. The summed E-state index contributed by atoms with van der Waals surface area (Å²) in [7, 11) is 3.73. The van der Waals surface area contributed by atoms with Crippen LogP contribution >= 0.6 is 0 Å². The third-order valence-corrected chi connectivity index (χ3v) is 3.77. The van der Waals surface area contributed by atoms with E-state index in [1.165, 1.54) is 0 Å². The Balaban J connectivity index is 2.09. The highest BCUT2D eigenvalue weighted by Crippen LogP contribution is 2.20. The van der Waals surface area contributed by atoms with Crippen molar-refractivity contribution in [3.63, 3.8) is 0 Å². The summed E-state index contributed by atoms with van der Waals surface area (Å²) in [6.07, 6.45) is 4.07. The second-order valence-electron chi connectivity index (χ2n) is 5.75. The van der Waals surface area contributed by atoms with E-state index in [1.807, 2.05) is 20.0 Å². The van der Waals surface area contributed by atoms with Crippen LogP contribution in [0, 0.1) is 6.92 Å². The van der Waals surface area contributed by atoms with Crippen molar-refractivity contribution in [3.05, 3.63) is 46.9 Å². The van der Waals surface area contributed by atoms with Crippen molar-refractivity contribution < 1.29 is 13.9 Å². The molecule has 0 unspecified atom stereocenters. The number of alkyl halides is 1. The van der Waals surface area contributed by atoms with Gasteiger partial charge >= 0.3 is 0 Å². The van der Waals surface area contributed by atoms with Crippen LogP contribution in [-0.4, -0.2) is 48.5 Å². The molecule has 1 N–H and O–H groups in total. The van der Waals surface area contributed by atoms with Crippen molar-refractivity contribution in [2.45, 2.75) is 20.0 Å². The molecule has 2 aromatic heterocycles. The minimum Gasteiger partial charge on any atom is -0.489 e. The van der Waals surface area contributed by atoms with Gasteiger partial charge in [-0.25, -0.2) is 9.37 Å². The van der Waals surface area contributed by atoms with E-state index < -0.39 is 6.67 Å². The van der Waals surface area contributed by atoms with Crippen LogP contribution < -0.4 is 10.1 Å². The third kappa shape index (κ3) is 4.96. The average molecular weight is 346 g/mol. The number of hydrogen-bond acceptors (Lipinski definition) is 6. The number of ether oxygens (including phenoxy) is 1. The first-order valence-electron chi connectivity index (χ1n) is 8.02. The Morgan fingerprint density at radius 3 is 2.80 bits per heavy atom. The number of rotatable bonds is 9. The lowest BCUT2D eigenvalue weighted by atomic mass is 10.1. The molecule has 0 spiro atoms. The summed E-state index contributed by atoms with van der Waals surface area (Å²) < 4.78 is 17.5. The lowest BCUT2D eigenvalue weighted by Crippen LogP contribution is -2.20. The largest absolute Gasteiger partial charge is 0.489 e. The van der Waals surface area contributed by atoms with Gasteiger partial charge in [0.2, 0.25) is 0 Å². The van der Waals surface area contributed by atoms with Gasteiger partial charge in [0.15, 0.2) is 6.29 Å². The van der Waals surface area contributed by atoms with Crippen LogP contribution in [-0.2, 0) is 13.1 Å². The predicted molar refractivity (Wildman–Crippen MR) is 94.8 cm³/mol. The van der Waals surface area contributed by atoms with Crippen molar-refractivity contribution in [1.82, 2.24) is 14.9 Å². The molecule has 25 heavy (non-hydrogen) atoms. The third-order valence-electron chi connectivity index (χ3n) is 3.77. The zero-order valence-electron chi connectivity index (χ0n) is 14.8. The van der Waals surface area contributed by atoms with Crippen LogP contribution in [0.4, 0.5) is 10.2 Å². The van der Waals surface area contributed by atoms with Crippen LogP contribution in [0.2, 0.25) is 0 Å². The highest BCUT2D eigenvalue weighted by molar-refractivity contribution is 5.79. The monoisotopic (exact) mass is 346 g/mol. The number of hydrogen-bond donors (Lipinski definition) is 1. The van der Waals surface area contributed by atoms with E-state index in [-0.39, 0.29) is 6.61 Å². The number of aryl methyl sites for hydroxylation is 1. The highest BCUT2D eigenvalue weighted by atomic mass is 19.1. The number of aromatic nitrogens is 2. The van der Waals surface area contributed by atoms with E-state index in [0.717, 1.165) is 23.1 Å². The van der Waals surface area contributed by atoms with Gasteiger partial charge in [-0.15, -0.1) is 0 Å². The van der Waals surface area contributed by atoms with Gasteiger partial charge in [0.25, 0.3) is 0 Å². The van der Waals surface area contributed by atoms with Crippen molar-refractivity contribution in [2.24, 2.45) is 0 Å². The Kier molecular flexibility index (Phi) is 6.82. The van der Waals surface area contributed by atoms with Gasteiger partial charge in [-0.2, -0.15) is 0 Å². The second kappa shape index (κ2) is 9.08. The van der Waals surface area contributed by atoms with Crippen LogP contribution in [0.15, 0.2) is 24.5 Å². The molecule has 0 atom stereocenters. The first-order chi connectivity index (χ1) is 12.1. The van der Waals surface area contributed by atoms with Gasteiger partial charge in [0, 0.05) is 37.5 Å². The molecule has 0 amide bonds. The Labute approximate surface area is 147 Å². The SMILES string of the molecule is CNc1nccc(C=O)c1CN(C)Cc1cc(C)c(OCCF)cn1. The highest BCUT2D eigenvalue weighted by Gasteiger charge is 2.12. The smallest absolute Gasteiger partial charge is 0.150 e. The fourth-order valence-corrected chi connectivity index (χ4v) is 2.59. The van der Waals surface area contributed by atoms with E-state index >= 15 is 0 Å². The molecule has 0 aliphatic rings. The van der Waals surface area contributed by atoms with Crippen LogP contribution in [0.25, 0.3) is 0 Å². The summed E-state index contributed by atoms with van der Waals surface area (Å²) in [5.41, 5.74) is 3.25. The number of anilines is 1. The number of nitrogens with one attached hydrogen (secondary N) is 1. The molecule has 0 radical (unpaired) electrons. The summed E-state index contributed by atoms with van der Waals surface area (Å²) >= 11 is 0. The van der Waals surface area contributed by atoms with Crippen molar-refractivity contribution in [3.8, 4) is 5.75 Å². The van der Waals surface area contributed by atoms with E-state index in [2.05, 4.69) is 20.2 Å². The summed E-state index contributed by atoms with van der Waals surface area (Å²) in [4.78, 5) is 22.0. The fraction of sp³-hybridized carbons (Fsp3) is 0.389. The first-order valence-corrected chi connectivity index (χ1v) is 8.02. The molecule has 2 heterocycles. The fourth-order valence-electron chi connectivity index (χ4n) is 2.59. The quantitative estimate of drug-likeness (QED) is 0.704. The van der Waals surface area contributed by atoms with Crippen LogP contribution in [0.1, 0.15) is 27.2 Å². The molecule has 6 nitrogen and oxygen atoms in total. The number of pyridine rings is 2. The van der Waals surface area contributed by atoms with Gasteiger partial charge < -0.3 is 10.1 Å². The Hall–Kier alpha value is -2.54. The lowest BCUT2D eigenvalue weighted by Gasteiger charge is -2.19. The molecule has 2 rings (SSSR count). The topological polar surface area (TPSA) is 67.4 Å². The Bertz CT molecular complexity index is 724. The molecule has 0 saturated heterocycles. The second-order valence-corrected chi connectivity index (χ2v) is 5.75. The normalized spacial score (nSPS) is 10.8. The minimum atomic E-state index is -0.526. The van der Waals surface area contributed by atoms with Gasteiger partial charge in [-0.05, 0) is 31.7 Å². The molecular weight excluding hydrogens is 323 g/mol. The number of aldehydes is 1. The maximum absolute atomic E-state index is 12.2. The lowest BCUT2D eigenvalue weighted by molar-refractivity contribution is 0.112. The summed E-state index contributed by atoms with van der Waals surface area (Å²) in [6.45, 7) is 2.56. The molecule has 134 valence electrons. The molecule has 0 aliphatic heterocycles. The van der Waals surface area contributed by atoms with Crippen molar-refractivity contribution in [2.75, 3.05) is 32.7 Å². The molecule has 0 bridgehead atoms. The van der Waals surface area contributed by atoms with Crippen molar-refractivity contribution in [1.29, 1.82) is 0 Å². The molecule has 0 saturated carbocycles. The van der Waals surface area contributed by atoms with E-state index in [1.54, 1.807) is 25.5 Å². The number of carbonyl (C=O) groups is 1. The van der Waals surface area contributed by atoms with Crippen LogP contribution in [0.5, 0.6) is 5.75 Å². The standard InChI is InChI=1S/C18H23FN4O2/c1-13-8-15(22-9-17(13)25-7-5-19)10-23(3)11-16-14(12-24)4-6-21-18(16)20-2/h4,6,8-9,12H,5,7,10-11H2,1-3H3,(H,20,21). The zero-order chi connectivity index (χ0) is 18.2. The maximum atomic E-state index is 12.2. The van der Waals surface area contributed by atoms with Crippen molar-refractivity contribution >= 4 is 12.1 Å². The minimum absolute atomic E-state index is 0.0318. The number of carbonyl (C=O) groups excluding carboxylic acids is 1. The Morgan fingerprint density at radius 2 is 2.16 bits per heavy atom. The Morgan fingerprint density at radius 1 is 1.36 bits per heavy atom. The summed E-state index contributed by atoms with van der Waals surface area (Å²) in [6, 6.07) is 3.63.